The van der Waals surface area contributed by atoms with E-state index in [1.807, 2.05) is 30.3 Å². The fourth-order valence-electron chi connectivity index (χ4n) is 1.44. The fourth-order valence-corrected chi connectivity index (χ4v) is 1.80. The van der Waals surface area contributed by atoms with Crippen molar-refractivity contribution >= 4 is 11.7 Å². The highest BCUT2D eigenvalue weighted by atomic mass is 32.1. The Morgan fingerprint density at radius 1 is 1.33 bits per heavy atom. The smallest absolute Gasteiger partial charge is 0.245 e. The molecule has 5 nitrogen and oxygen atoms in total. The van der Waals surface area contributed by atoms with Gasteiger partial charge in [0.25, 0.3) is 0 Å². The first kappa shape index (κ1) is 12.9. The van der Waals surface area contributed by atoms with E-state index in [0.717, 1.165) is 18.3 Å². The van der Waals surface area contributed by atoms with Gasteiger partial charge < -0.3 is 15.2 Å². The van der Waals surface area contributed by atoms with Gasteiger partial charge in [0, 0.05) is 13.1 Å². The molecule has 1 atom stereocenters. The molecule has 1 unspecified atom stereocenters. The van der Waals surface area contributed by atoms with E-state index >= 15 is 0 Å². The van der Waals surface area contributed by atoms with Crippen molar-refractivity contribution in [3.05, 3.63) is 42.1 Å². The summed E-state index contributed by atoms with van der Waals surface area (Å²) in [6.07, 6.45) is 0.977. The van der Waals surface area contributed by atoms with Crippen molar-refractivity contribution in [3.8, 4) is 5.88 Å². The molecule has 0 amide bonds. The van der Waals surface area contributed by atoms with Crippen LogP contribution in [0.1, 0.15) is 5.56 Å². The molecule has 1 aromatic heterocycles. The Kier molecular flexibility index (Phi) is 5.07. The zero-order chi connectivity index (χ0) is 12.6. The van der Waals surface area contributed by atoms with Gasteiger partial charge >= 0.3 is 0 Å². The molecule has 96 valence electrons. The van der Waals surface area contributed by atoms with E-state index in [0.29, 0.717) is 12.4 Å². The predicted octanol–water partition coefficient (Wildman–Crippen LogP) is 1.07. The lowest BCUT2D eigenvalue weighted by Gasteiger charge is -2.11. The summed E-state index contributed by atoms with van der Waals surface area (Å²) in [4.78, 5) is 0. The zero-order valence-electron chi connectivity index (χ0n) is 9.82. The van der Waals surface area contributed by atoms with Gasteiger partial charge in [-0.3, -0.25) is 0 Å². The molecular formula is C12H15N3O2S. The molecule has 0 radical (unpaired) electrons. The Labute approximate surface area is 110 Å². The summed E-state index contributed by atoms with van der Waals surface area (Å²) in [6, 6.07) is 10.0. The molecule has 1 heterocycles. The van der Waals surface area contributed by atoms with Crippen LogP contribution >= 0.6 is 11.7 Å². The van der Waals surface area contributed by atoms with Gasteiger partial charge in [0.2, 0.25) is 5.88 Å². The van der Waals surface area contributed by atoms with Crippen LogP contribution in [0.2, 0.25) is 0 Å². The quantitative estimate of drug-likeness (QED) is 0.784. The average molecular weight is 265 g/mol. The Morgan fingerprint density at radius 2 is 2.17 bits per heavy atom. The first-order valence-electron chi connectivity index (χ1n) is 5.67. The summed E-state index contributed by atoms with van der Waals surface area (Å²) in [5.41, 5.74) is 1.19. The number of benzene rings is 1. The van der Waals surface area contributed by atoms with Gasteiger partial charge in [0.15, 0.2) is 0 Å². The van der Waals surface area contributed by atoms with Crippen LogP contribution in [-0.2, 0) is 6.54 Å². The molecular weight excluding hydrogens is 250 g/mol. The van der Waals surface area contributed by atoms with Gasteiger partial charge in [-0.25, -0.2) is 0 Å². The maximum atomic E-state index is 9.69. The number of rotatable bonds is 7. The SMILES string of the molecule is OC(CNCc1ccccc1)COc1cnsn1. The lowest BCUT2D eigenvalue weighted by Crippen LogP contribution is -2.31. The minimum Gasteiger partial charge on any atom is -0.473 e. The molecule has 0 saturated carbocycles. The second kappa shape index (κ2) is 7.05. The van der Waals surface area contributed by atoms with Crippen molar-refractivity contribution < 1.29 is 9.84 Å². The lowest BCUT2D eigenvalue weighted by atomic mass is 10.2. The third kappa shape index (κ3) is 4.40. The molecule has 0 spiro atoms. The van der Waals surface area contributed by atoms with Crippen molar-refractivity contribution in [2.24, 2.45) is 0 Å². The molecule has 2 aromatic rings. The molecule has 2 rings (SSSR count). The summed E-state index contributed by atoms with van der Waals surface area (Å²) < 4.78 is 13.0. The van der Waals surface area contributed by atoms with E-state index in [1.165, 1.54) is 11.8 Å². The van der Waals surface area contributed by atoms with Crippen LogP contribution in [0.3, 0.4) is 0 Å². The summed E-state index contributed by atoms with van der Waals surface area (Å²) >= 11 is 1.08. The molecule has 0 aliphatic heterocycles. The molecule has 1 aromatic carbocycles. The molecule has 18 heavy (non-hydrogen) atoms. The number of aliphatic hydroxyl groups is 1. The number of aromatic nitrogens is 2. The van der Waals surface area contributed by atoms with E-state index in [4.69, 9.17) is 4.74 Å². The van der Waals surface area contributed by atoms with Crippen LogP contribution in [0, 0.1) is 0 Å². The number of ether oxygens (including phenoxy) is 1. The maximum Gasteiger partial charge on any atom is 0.245 e. The number of hydrogen-bond donors (Lipinski definition) is 2. The maximum absolute atomic E-state index is 9.69. The van der Waals surface area contributed by atoms with Gasteiger partial charge in [-0.1, -0.05) is 30.3 Å². The summed E-state index contributed by atoms with van der Waals surface area (Å²) in [7, 11) is 0. The van der Waals surface area contributed by atoms with Crippen LogP contribution < -0.4 is 10.1 Å². The number of nitrogens with one attached hydrogen (secondary N) is 1. The van der Waals surface area contributed by atoms with Gasteiger partial charge in [0.05, 0.1) is 11.7 Å². The molecule has 2 N–H and O–H groups in total. The minimum atomic E-state index is -0.560. The zero-order valence-corrected chi connectivity index (χ0v) is 10.6. The monoisotopic (exact) mass is 265 g/mol. The van der Waals surface area contributed by atoms with E-state index in [9.17, 15) is 5.11 Å². The minimum absolute atomic E-state index is 0.215. The second-order valence-electron chi connectivity index (χ2n) is 3.83. The van der Waals surface area contributed by atoms with Crippen LogP contribution in [0.4, 0.5) is 0 Å². The predicted molar refractivity (Wildman–Crippen MR) is 69.6 cm³/mol. The Hall–Kier alpha value is -1.50. The first-order valence-corrected chi connectivity index (χ1v) is 6.40. The molecule has 6 heteroatoms. The van der Waals surface area contributed by atoms with E-state index in [1.54, 1.807) is 0 Å². The normalized spacial score (nSPS) is 12.3. The van der Waals surface area contributed by atoms with Crippen molar-refractivity contribution in [1.29, 1.82) is 0 Å². The van der Waals surface area contributed by atoms with E-state index in [-0.39, 0.29) is 6.61 Å². The topological polar surface area (TPSA) is 67.3 Å². The Morgan fingerprint density at radius 3 is 2.89 bits per heavy atom. The molecule has 0 saturated heterocycles. The first-order chi connectivity index (χ1) is 8.84. The lowest BCUT2D eigenvalue weighted by molar-refractivity contribution is 0.104. The highest BCUT2D eigenvalue weighted by Crippen LogP contribution is 2.05. The molecule has 0 bridgehead atoms. The molecule has 0 aliphatic carbocycles. The standard InChI is InChI=1S/C12H15N3O2S/c16-11(9-17-12-8-14-18-15-12)7-13-6-10-4-2-1-3-5-10/h1-5,8,11,13,16H,6-7,9H2. The number of aliphatic hydroxyl groups excluding tert-OH is 1. The Balaban J connectivity index is 1.61. The van der Waals surface area contributed by atoms with Crippen LogP contribution in [-0.4, -0.2) is 33.1 Å². The van der Waals surface area contributed by atoms with Crippen molar-refractivity contribution in [1.82, 2.24) is 14.1 Å². The average Bonchev–Trinajstić information content (AvgIpc) is 2.91. The third-order valence-corrected chi connectivity index (χ3v) is 2.78. The summed E-state index contributed by atoms with van der Waals surface area (Å²) in [5.74, 6) is 0.460. The van der Waals surface area contributed by atoms with Crippen LogP contribution in [0.25, 0.3) is 0 Å². The number of nitrogens with zero attached hydrogens (tertiary/aromatic N) is 2. The van der Waals surface area contributed by atoms with Gasteiger partial charge in [0.1, 0.15) is 18.9 Å². The highest BCUT2D eigenvalue weighted by Gasteiger charge is 2.06. The third-order valence-electron chi connectivity index (χ3n) is 2.32. The van der Waals surface area contributed by atoms with Gasteiger partial charge in [-0.15, -0.1) is 4.37 Å². The highest BCUT2D eigenvalue weighted by molar-refractivity contribution is 6.99. The number of hydrogen-bond acceptors (Lipinski definition) is 6. The van der Waals surface area contributed by atoms with E-state index < -0.39 is 6.10 Å². The van der Waals surface area contributed by atoms with Crippen LogP contribution in [0.5, 0.6) is 5.88 Å². The molecule has 0 aliphatic rings. The van der Waals surface area contributed by atoms with Gasteiger partial charge in [-0.05, 0) is 5.56 Å². The van der Waals surface area contributed by atoms with Crippen molar-refractivity contribution in [2.45, 2.75) is 12.6 Å². The second-order valence-corrected chi connectivity index (χ2v) is 4.38. The summed E-state index contributed by atoms with van der Waals surface area (Å²) in [5, 5.41) is 12.9. The Bertz CT molecular complexity index is 436. The largest absolute Gasteiger partial charge is 0.473 e. The van der Waals surface area contributed by atoms with Crippen molar-refractivity contribution in [2.75, 3.05) is 13.2 Å². The summed E-state index contributed by atoms with van der Waals surface area (Å²) in [6.45, 7) is 1.43. The van der Waals surface area contributed by atoms with Crippen molar-refractivity contribution in [3.63, 3.8) is 0 Å². The van der Waals surface area contributed by atoms with Gasteiger partial charge in [-0.2, -0.15) is 4.37 Å². The van der Waals surface area contributed by atoms with E-state index in [2.05, 4.69) is 14.1 Å². The van der Waals surface area contributed by atoms with Crippen LogP contribution in [0.15, 0.2) is 36.5 Å². The fraction of sp³-hybridized carbons (Fsp3) is 0.333. The molecule has 0 fully saturated rings.